The molecule has 5 heteroatoms. The van der Waals surface area contributed by atoms with E-state index in [4.69, 9.17) is 4.74 Å². The number of aliphatic hydroxyl groups is 1. The zero-order valence-corrected chi connectivity index (χ0v) is 9.92. The summed E-state index contributed by atoms with van der Waals surface area (Å²) in [7, 11) is 1.29. The molecule has 2 aliphatic rings. The van der Waals surface area contributed by atoms with Gasteiger partial charge in [0.05, 0.1) is 7.11 Å². The number of rotatable bonds is 1. The minimum Gasteiger partial charge on any atom is -0.469 e. The Kier molecular flexibility index (Phi) is 2.22. The van der Waals surface area contributed by atoms with Crippen LogP contribution in [0.3, 0.4) is 0 Å². The first kappa shape index (κ1) is 11.2. The van der Waals surface area contributed by atoms with E-state index >= 15 is 0 Å². The molecule has 0 aliphatic carbocycles. The summed E-state index contributed by atoms with van der Waals surface area (Å²) in [4.78, 5) is 25.3. The van der Waals surface area contributed by atoms with Crippen molar-refractivity contribution < 1.29 is 19.4 Å². The minimum atomic E-state index is -1.54. The number of hydrogen-bond donors (Lipinski definition) is 1. The summed E-state index contributed by atoms with van der Waals surface area (Å²) in [6.45, 7) is 0.365. The van der Waals surface area contributed by atoms with Crippen LogP contribution in [0.25, 0.3) is 0 Å². The van der Waals surface area contributed by atoms with Crippen molar-refractivity contribution in [1.29, 1.82) is 0 Å². The fourth-order valence-electron chi connectivity index (χ4n) is 2.97. The minimum absolute atomic E-state index is 0.223. The third-order valence-electron chi connectivity index (χ3n) is 3.82. The second-order valence-corrected chi connectivity index (χ2v) is 4.59. The van der Waals surface area contributed by atoms with Gasteiger partial charge >= 0.3 is 5.97 Å². The molecule has 5 nitrogen and oxygen atoms in total. The topological polar surface area (TPSA) is 66.8 Å². The third-order valence-corrected chi connectivity index (χ3v) is 3.82. The van der Waals surface area contributed by atoms with Gasteiger partial charge in [0.1, 0.15) is 5.92 Å². The molecule has 1 aromatic carbocycles. The highest BCUT2D eigenvalue weighted by Crippen LogP contribution is 2.48. The predicted molar refractivity (Wildman–Crippen MR) is 61.5 cm³/mol. The predicted octanol–water partition coefficient (Wildman–Crippen LogP) is 0.480. The fourth-order valence-corrected chi connectivity index (χ4v) is 2.97. The Morgan fingerprint density at radius 3 is 2.94 bits per heavy atom. The van der Waals surface area contributed by atoms with E-state index in [-0.39, 0.29) is 5.91 Å². The van der Waals surface area contributed by atoms with E-state index < -0.39 is 17.6 Å². The van der Waals surface area contributed by atoms with Crippen molar-refractivity contribution in [3.05, 3.63) is 35.4 Å². The quantitative estimate of drug-likeness (QED) is 0.733. The van der Waals surface area contributed by atoms with Crippen LogP contribution >= 0.6 is 0 Å². The summed E-state index contributed by atoms with van der Waals surface area (Å²) in [5, 5.41) is 10.8. The van der Waals surface area contributed by atoms with Crippen molar-refractivity contribution in [2.75, 3.05) is 13.7 Å². The number of amides is 1. The van der Waals surface area contributed by atoms with E-state index in [1.54, 1.807) is 24.3 Å². The molecule has 0 aromatic heterocycles. The Balaban J connectivity index is 2.16. The van der Waals surface area contributed by atoms with Crippen molar-refractivity contribution in [1.82, 2.24) is 4.90 Å². The van der Waals surface area contributed by atoms with Crippen LogP contribution < -0.4 is 0 Å². The number of carbonyl (C=O) groups is 2. The molecule has 94 valence electrons. The molecule has 0 saturated carbocycles. The number of hydrogen-bond acceptors (Lipinski definition) is 4. The number of carbonyl (C=O) groups excluding carboxylic acids is 2. The maximum atomic E-state index is 12.2. The smallest absolute Gasteiger partial charge is 0.314 e. The summed E-state index contributed by atoms with van der Waals surface area (Å²) >= 11 is 0. The van der Waals surface area contributed by atoms with Crippen LogP contribution in [0.2, 0.25) is 0 Å². The zero-order valence-electron chi connectivity index (χ0n) is 9.92. The van der Waals surface area contributed by atoms with Gasteiger partial charge in [-0.2, -0.15) is 0 Å². The molecule has 0 bridgehead atoms. The van der Waals surface area contributed by atoms with Crippen LogP contribution in [0.4, 0.5) is 0 Å². The molecule has 2 heterocycles. The van der Waals surface area contributed by atoms with Crippen LogP contribution in [0.1, 0.15) is 22.3 Å². The molecule has 1 amide bonds. The average Bonchev–Trinajstić information content (AvgIpc) is 2.84. The van der Waals surface area contributed by atoms with E-state index in [0.29, 0.717) is 24.1 Å². The van der Waals surface area contributed by atoms with Crippen molar-refractivity contribution in [3.8, 4) is 0 Å². The Labute approximate surface area is 104 Å². The molecular weight excluding hydrogens is 234 g/mol. The lowest BCUT2D eigenvalue weighted by molar-refractivity contribution is -0.162. The molecule has 0 radical (unpaired) electrons. The van der Waals surface area contributed by atoms with Crippen LogP contribution in [-0.2, 0) is 15.3 Å². The summed E-state index contributed by atoms with van der Waals surface area (Å²) in [5.74, 6) is -1.42. The second-order valence-electron chi connectivity index (χ2n) is 4.59. The van der Waals surface area contributed by atoms with Gasteiger partial charge in [-0.15, -0.1) is 0 Å². The van der Waals surface area contributed by atoms with E-state index in [2.05, 4.69) is 0 Å². The van der Waals surface area contributed by atoms with Crippen LogP contribution in [0.5, 0.6) is 0 Å². The van der Waals surface area contributed by atoms with Gasteiger partial charge in [-0.25, -0.2) is 0 Å². The number of esters is 1. The Hall–Kier alpha value is -1.88. The van der Waals surface area contributed by atoms with E-state index in [1.165, 1.54) is 12.0 Å². The number of methoxy groups -OCH3 is 1. The SMILES string of the molecule is COC(=O)[C@@H]1CCN2C(=O)c3ccccc3[C@]12O. The van der Waals surface area contributed by atoms with Crippen LogP contribution in [-0.4, -0.2) is 35.5 Å². The van der Waals surface area contributed by atoms with Crippen LogP contribution in [0, 0.1) is 5.92 Å². The van der Waals surface area contributed by atoms with E-state index in [0.717, 1.165) is 0 Å². The largest absolute Gasteiger partial charge is 0.469 e. The second kappa shape index (κ2) is 3.55. The van der Waals surface area contributed by atoms with Gasteiger partial charge in [0.15, 0.2) is 5.72 Å². The molecular formula is C13H13NO4. The molecule has 2 atom stereocenters. The third kappa shape index (κ3) is 1.14. The van der Waals surface area contributed by atoms with E-state index in [9.17, 15) is 14.7 Å². The lowest BCUT2D eigenvalue weighted by Crippen LogP contribution is -2.45. The first-order valence-electron chi connectivity index (χ1n) is 5.82. The van der Waals surface area contributed by atoms with Gasteiger partial charge in [-0.05, 0) is 12.5 Å². The number of ether oxygens (including phenoxy) is 1. The highest BCUT2D eigenvalue weighted by molar-refractivity contribution is 6.01. The monoisotopic (exact) mass is 247 g/mol. The molecule has 1 fully saturated rings. The fraction of sp³-hybridized carbons (Fsp3) is 0.385. The lowest BCUT2D eigenvalue weighted by Gasteiger charge is -2.30. The highest BCUT2D eigenvalue weighted by Gasteiger charge is 2.59. The van der Waals surface area contributed by atoms with Gasteiger partial charge < -0.3 is 14.7 Å². The van der Waals surface area contributed by atoms with Crippen LogP contribution in [0.15, 0.2) is 24.3 Å². The lowest BCUT2D eigenvalue weighted by atomic mass is 9.89. The van der Waals surface area contributed by atoms with Gasteiger partial charge in [-0.3, -0.25) is 9.59 Å². The number of fused-ring (bicyclic) bond motifs is 3. The molecule has 1 saturated heterocycles. The zero-order chi connectivity index (χ0) is 12.9. The Morgan fingerprint density at radius 2 is 2.22 bits per heavy atom. The maximum Gasteiger partial charge on any atom is 0.314 e. The van der Waals surface area contributed by atoms with Gasteiger partial charge in [0.2, 0.25) is 0 Å². The average molecular weight is 247 g/mol. The van der Waals surface area contributed by atoms with Crippen molar-refractivity contribution in [2.24, 2.45) is 5.92 Å². The summed E-state index contributed by atoms with van der Waals surface area (Å²) in [5.41, 5.74) is -0.572. The summed E-state index contributed by atoms with van der Waals surface area (Å²) in [6.07, 6.45) is 0.420. The van der Waals surface area contributed by atoms with E-state index in [1.807, 2.05) is 0 Å². The molecule has 18 heavy (non-hydrogen) atoms. The normalized spacial score (nSPS) is 29.1. The standard InChI is InChI=1S/C13H13NO4/c1-18-12(16)10-6-7-14-11(15)8-4-2-3-5-9(8)13(10,14)17/h2-5,10,17H,6-7H2,1H3/t10-,13-/m0/s1. The first-order chi connectivity index (χ1) is 8.60. The molecule has 0 unspecified atom stereocenters. The molecule has 2 aliphatic heterocycles. The van der Waals surface area contributed by atoms with Crippen molar-refractivity contribution in [3.63, 3.8) is 0 Å². The number of nitrogens with zero attached hydrogens (tertiary/aromatic N) is 1. The Bertz CT molecular complexity index is 542. The molecule has 3 rings (SSSR count). The molecule has 1 N–H and O–H groups in total. The van der Waals surface area contributed by atoms with Gasteiger partial charge in [0.25, 0.3) is 5.91 Å². The molecule has 0 spiro atoms. The summed E-state index contributed by atoms with van der Waals surface area (Å²) < 4.78 is 4.72. The number of benzene rings is 1. The van der Waals surface area contributed by atoms with Gasteiger partial charge in [0, 0.05) is 17.7 Å². The highest BCUT2D eigenvalue weighted by atomic mass is 16.5. The first-order valence-corrected chi connectivity index (χ1v) is 5.82. The Morgan fingerprint density at radius 1 is 1.50 bits per heavy atom. The molecule has 1 aromatic rings. The van der Waals surface area contributed by atoms with Gasteiger partial charge in [-0.1, -0.05) is 18.2 Å². The summed E-state index contributed by atoms with van der Waals surface area (Å²) in [6, 6.07) is 6.85. The van der Waals surface area contributed by atoms with Crippen molar-refractivity contribution in [2.45, 2.75) is 12.1 Å². The maximum absolute atomic E-state index is 12.2. The van der Waals surface area contributed by atoms with Crippen molar-refractivity contribution >= 4 is 11.9 Å².